The van der Waals surface area contributed by atoms with Crippen LogP contribution in [0.25, 0.3) is 0 Å². The summed E-state index contributed by atoms with van der Waals surface area (Å²) < 4.78 is 0. The fourth-order valence-corrected chi connectivity index (χ4v) is 1.38. The molecule has 0 aliphatic carbocycles. The van der Waals surface area contributed by atoms with Crippen molar-refractivity contribution in [2.24, 2.45) is 5.84 Å². The maximum absolute atomic E-state index is 5.92. The van der Waals surface area contributed by atoms with Crippen LogP contribution in [-0.4, -0.2) is 0 Å². The van der Waals surface area contributed by atoms with Gasteiger partial charge >= 0.3 is 0 Å². The maximum atomic E-state index is 5.92. The summed E-state index contributed by atoms with van der Waals surface area (Å²) in [6.07, 6.45) is 0. The summed E-state index contributed by atoms with van der Waals surface area (Å²) in [5.74, 6) is 5.19. The van der Waals surface area contributed by atoms with Crippen LogP contribution in [0.1, 0.15) is 11.1 Å². The van der Waals surface area contributed by atoms with E-state index in [1.54, 1.807) is 6.07 Å². The van der Waals surface area contributed by atoms with E-state index in [-0.39, 0.29) is 0 Å². The van der Waals surface area contributed by atoms with E-state index < -0.39 is 0 Å². The SMILES string of the molecule is Cc1c(CNN)ccc(Cl)c1Cl. The quantitative estimate of drug-likeness (QED) is 0.574. The van der Waals surface area contributed by atoms with Gasteiger partial charge in [0.25, 0.3) is 0 Å². The first-order valence-corrected chi connectivity index (χ1v) is 4.29. The number of benzene rings is 1. The number of nitrogens with two attached hydrogens (primary N) is 1. The molecule has 0 radical (unpaired) electrons. The minimum Gasteiger partial charge on any atom is -0.271 e. The lowest BCUT2D eigenvalue weighted by Gasteiger charge is -2.07. The normalized spacial score (nSPS) is 10.3. The predicted molar refractivity (Wildman–Crippen MR) is 52.2 cm³/mol. The first kappa shape index (κ1) is 9.81. The third-order valence-corrected chi connectivity index (χ3v) is 2.64. The van der Waals surface area contributed by atoms with Crippen LogP contribution in [0.15, 0.2) is 12.1 Å². The smallest absolute Gasteiger partial charge is 0.0624 e. The molecule has 1 aromatic rings. The molecule has 0 spiro atoms. The standard InChI is InChI=1S/C8H10Cl2N2/c1-5-6(4-12-11)2-3-7(9)8(5)10/h2-3,12H,4,11H2,1H3. The van der Waals surface area contributed by atoms with E-state index in [1.807, 2.05) is 13.0 Å². The van der Waals surface area contributed by atoms with Crippen molar-refractivity contribution in [3.63, 3.8) is 0 Å². The Labute approximate surface area is 81.6 Å². The lowest BCUT2D eigenvalue weighted by Crippen LogP contribution is -2.21. The average Bonchev–Trinajstić information content (AvgIpc) is 2.07. The van der Waals surface area contributed by atoms with Gasteiger partial charge in [-0.25, -0.2) is 0 Å². The van der Waals surface area contributed by atoms with Crippen molar-refractivity contribution in [2.75, 3.05) is 0 Å². The lowest BCUT2D eigenvalue weighted by molar-refractivity contribution is 0.737. The first-order chi connectivity index (χ1) is 5.66. The zero-order valence-electron chi connectivity index (χ0n) is 6.70. The van der Waals surface area contributed by atoms with Gasteiger partial charge in [0.15, 0.2) is 0 Å². The Kier molecular flexibility index (Phi) is 3.35. The molecule has 66 valence electrons. The van der Waals surface area contributed by atoms with Crippen LogP contribution in [0.4, 0.5) is 0 Å². The molecule has 0 aromatic heterocycles. The number of hydrogen-bond acceptors (Lipinski definition) is 2. The van der Waals surface area contributed by atoms with Gasteiger partial charge in [-0.05, 0) is 24.1 Å². The molecular weight excluding hydrogens is 195 g/mol. The van der Waals surface area contributed by atoms with Crippen molar-refractivity contribution in [1.29, 1.82) is 0 Å². The molecule has 1 aromatic carbocycles. The van der Waals surface area contributed by atoms with E-state index >= 15 is 0 Å². The topological polar surface area (TPSA) is 38.0 Å². The van der Waals surface area contributed by atoms with E-state index in [0.717, 1.165) is 11.1 Å². The van der Waals surface area contributed by atoms with Crippen LogP contribution in [-0.2, 0) is 6.54 Å². The third kappa shape index (κ3) is 1.90. The molecule has 2 nitrogen and oxygen atoms in total. The number of nitrogens with one attached hydrogen (secondary N) is 1. The Balaban J connectivity index is 3.08. The minimum absolute atomic E-state index is 0.579. The van der Waals surface area contributed by atoms with E-state index in [1.165, 1.54) is 0 Å². The van der Waals surface area contributed by atoms with Gasteiger partial charge in [0.05, 0.1) is 10.0 Å². The van der Waals surface area contributed by atoms with Gasteiger partial charge in [-0.3, -0.25) is 11.3 Å². The van der Waals surface area contributed by atoms with Gasteiger partial charge in [-0.15, -0.1) is 0 Å². The zero-order chi connectivity index (χ0) is 9.14. The molecule has 1 rings (SSSR count). The van der Waals surface area contributed by atoms with Crippen LogP contribution >= 0.6 is 23.2 Å². The molecule has 0 aliphatic rings. The second-order valence-electron chi connectivity index (χ2n) is 2.53. The van der Waals surface area contributed by atoms with E-state index in [2.05, 4.69) is 5.43 Å². The highest BCUT2D eigenvalue weighted by molar-refractivity contribution is 6.42. The van der Waals surface area contributed by atoms with Crippen molar-refractivity contribution in [3.05, 3.63) is 33.3 Å². The van der Waals surface area contributed by atoms with E-state index in [4.69, 9.17) is 29.0 Å². The van der Waals surface area contributed by atoms with Crippen LogP contribution in [0.5, 0.6) is 0 Å². The fourth-order valence-electron chi connectivity index (χ4n) is 0.993. The predicted octanol–water partition coefficient (Wildman–Crippen LogP) is 2.27. The number of hydrogen-bond donors (Lipinski definition) is 2. The van der Waals surface area contributed by atoms with Gasteiger partial charge in [0.2, 0.25) is 0 Å². The summed E-state index contributed by atoms with van der Waals surface area (Å²) in [4.78, 5) is 0. The molecule has 0 atom stereocenters. The average molecular weight is 205 g/mol. The van der Waals surface area contributed by atoms with Gasteiger partial charge in [-0.1, -0.05) is 29.3 Å². The monoisotopic (exact) mass is 204 g/mol. The largest absolute Gasteiger partial charge is 0.271 e. The van der Waals surface area contributed by atoms with Crippen molar-refractivity contribution in [1.82, 2.24) is 5.43 Å². The van der Waals surface area contributed by atoms with E-state index in [9.17, 15) is 0 Å². The Morgan fingerprint density at radius 2 is 2.08 bits per heavy atom. The summed E-state index contributed by atoms with van der Waals surface area (Å²) in [6, 6.07) is 3.67. The Hall–Kier alpha value is -0.280. The third-order valence-electron chi connectivity index (χ3n) is 1.74. The Morgan fingerprint density at radius 3 is 2.67 bits per heavy atom. The van der Waals surface area contributed by atoms with E-state index in [0.29, 0.717) is 16.6 Å². The molecule has 0 bridgehead atoms. The first-order valence-electron chi connectivity index (χ1n) is 3.53. The molecule has 0 heterocycles. The summed E-state index contributed by atoms with van der Waals surface area (Å²) >= 11 is 11.7. The number of rotatable bonds is 2. The Bertz CT molecular complexity index is 287. The molecule has 0 amide bonds. The molecular formula is C8H10Cl2N2. The second kappa shape index (κ2) is 4.10. The van der Waals surface area contributed by atoms with Crippen LogP contribution in [0.2, 0.25) is 10.0 Å². The highest BCUT2D eigenvalue weighted by Gasteiger charge is 2.04. The Morgan fingerprint density at radius 1 is 1.42 bits per heavy atom. The van der Waals surface area contributed by atoms with Crippen LogP contribution in [0, 0.1) is 6.92 Å². The summed E-state index contributed by atoms with van der Waals surface area (Å²) in [6.45, 7) is 2.52. The second-order valence-corrected chi connectivity index (χ2v) is 3.31. The molecule has 0 unspecified atom stereocenters. The minimum atomic E-state index is 0.579. The molecule has 0 saturated heterocycles. The van der Waals surface area contributed by atoms with Gasteiger partial charge in [-0.2, -0.15) is 0 Å². The number of halogens is 2. The van der Waals surface area contributed by atoms with Crippen molar-refractivity contribution < 1.29 is 0 Å². The number of hydrazine groups is 1. The lowest BCUT2D eigenvalue weighted by atomic mass is 10.1. The van der Waals surface area contributed by atoms with Crippen molar-refractivity contribution in [3.8, 4) is 0 Å². The maximum Gasteiger partial charge on any atom is 0.0624 e. The zero-order valence-corrected chi connectivity index (χ0v) is 8.21. The van der Waals surface area contributed by atoms with Gasteiger partial charge in [0.1, 0.15) is 0 Å². The molecule has 12 heavy (non-hydrogen) atoms. The highest BCUT2D eigenvalue weighted by Crippen LogP contribution is 2.27. The molecule has 3 N–H and O–H groups in total. The van der Waals surface area contributed by atoms with Crippen LogP contribution in [0.3, 0.4) is 0 Å². The highest BCUT2D eigenvalue weighted by atomic mass is 35.5. The van der Waals surface area contributed by atoms with Gasteiger partial charge in [0, 0.05) is 6.54 Å². The van der Waals surface area contributed by atoms with Crippen molar-refractivity contribution >= 4 is 23.2 Å². The fraction of sp³-hybridized carbons (Fsp3) is 0.250. The van der Waals surface area contributed by atoms with Crippen molar-refractivity contribution in [2.45, 2.75) is 13.5 Å². The molecule has 0 aliphatic heterocycles. The summed E-state index contributed by atoms with van der Waals surface area (Å²) in [7, 11) is 0. The molecule has 0 fully saturated rings. The summed E-state index contributed by atoms with van der Waals surface area (Å²) in [5, 5.41) is 1.18. The summed E-state index contributed by atoms with van der Waals surface area (Å²) in [5.41, 5.74) is 4.61. The van der Waals surface area contributed by atoms with Gasteiger partial charge < -0.3 is 0 Å². The molecule has 4 heteroatoms. The molecule has 0 saturated carbocycles. The van der Waals surface area contributed by atoms with Crippen LogP contribution < -0.4 is 11.3 Å².